The highest BCUT2D eigenvalue weighted by molar-refractivity contribution is 7.99. The van der Waals surface area contributed by atoms with Crippen molar-refractivity contribution in [2.45, 2.75) is 44.7 Å². The van der Waals surface area contributed by atoms with Gasteiger partial charge in [-0.05, 0) is 19.8 Å². The van der Waals surface area contributed by atoms with Crippen LogP contribution in [0, 0.1) is 6.92 Å². The molecule has 0 atom stereocenters. The van der Waals surface area contributed by atoms with Gasteiger partial charge in [0.15, 0.2) is 5.16 Å². The van der Waals surface area contributed by atoms with Crippen LogP contribution in [0.3, 0.4) is 0 Å². The van der Waals surface area contributed by atoms with Gasteiger partial charge in [-0.15, -0.1) is 0 Å². The minimum atomic E-state index is -1.17. The number of nitrogens with zero attached hydrogens (tertiary/aromatic N) is 1. The number of hydrogen-bond acceptors (Lipinski definition) is 5. The van der Waals surface area contributed by atoms with Gasteiger partial charge in [-0.3, -0.25) is 4.79 Å². The molecule has 0 saturated heterocycles. The SMILES string of the molecule is CCCCCc1c(C)nc(SCC(=O)[O-])[nH]c1=O. The van der Waals surface area contributed by atoms with E-state index in [1.54, 1.807) is 6.92 Å². The van der Waals surface area contributed by atoms with E-state index in [1.807, 2.05) is 0 Å². The summed E-state index contributed by atoms with van der Waals surface area (Å²) >= 11 is 0.965. The van der Waals surface area contributed by atoms with Gasteiger partial charge in [0.1, 0.15) is 0 Å². The topological polar surface area (TPSA) is 85.9 Å². The van der Waals surface area contributed by atoms with Crippen molar-refractivity contribution in [3.05, 3.63) is 21.6 Å². The van der Waals surface area contributed by atoms with E-state index in [0.29, 0.717) is 22.8 Å². The number of aromatic nitrogens is 2. The predicted molar refractivity (Wildman–Crippen MR) is 68.6 cm³/mol. The third-order valence-electron chi connectivity index (χ3n) is 2.56. The summed E-state index contributed by atoms with van der Waals surface area (Å²) in [5.41, 5.74) is 1.21. The molecule has 100 valence electrons. The summed E-state index contributed by atoms with van der Waals surface area (Å²) in [4.78, 5) is 29.0. The second-order valence-electron chi connectivity index (χ2n) is 4.05. The van der Waals surface area contributed by atoms with Crippen molar-refractivity contribution < 1.29 is 9.90 Å². The molecule has 0 aromatic carbocycles. The highest BCUT2D eigenvalue weighted by atomic mass is 32.2. The number of unbranched alkanes of at least 4 members (excludes halogenated alkanes) is 2. The van der Waals surface area contributed by atoms with Gasteiger partial charge in [0, 0.05) is 17.0 Å². The number of thioether (sulfide) groups is 1. The van der Waals surface area contributed by atoms with E-state index in [2.05, 4.69) is 16.9 Å². The first-order chi connectivity index (χ1) is 8.54. The van der Waals surface area contributed by atoms with Gasteiger partial charge in [0.2, 0.25) is 0 Å². The smallest absolute Gasteiger partial charge is 0.254 e. The van der Waals surface area contributed by atoms with E-state index in [9.17, 15) is 14.7 Å². The second kappa shape index (κ2) is 7.20. The molecular formula is C12H17N2O3S-. The highest BCUT2D eigenvalue weighted by Crippen LogP contribution is 2.13. The Morgan fingerprint density at radius 3 is 2.72 bits per heavy atom. The average molecular weight is 269 g/mol. The van der Waals surface area contributed by atoms with Gasteiger partial charge in [-0.25, -0.2) is 4.98 Å². The molecule has 0 bridgehead atoms. The van der Waals surface area contributed by atoms with E-state index < -0.39 is 5.97 Å². The number of rotatable bonds is 7. The molecule has 1 aromatic heterocycles. The number of carbonyl (C=O) groups is 1. The number of aliphatic carboxylic acids is 1. The van der Waals surface area contributed by atoms with Crippen LogP contribution in [0.25, 0.3) is 0 Å². The first-order valence-corrected chi connectivity index (χ1v) is 6.95. The Kier molecular flexibility index (Phi) is 5.91. The van der Waals surface area contributed by atoms with E-state index in [1.165, 1.54) is 0 Å². The average Bonchev–Trinajstić information content (AvgIpc) is 2.30. The number of aromatic amines is 1. The Hall–Kier alpha value is -1.30. The van der Waals surface area contributed by atoms with E-state index in [-0.39, 0.29) is 11.3 Å². The lowest BCUT2D eigenvalue weighted by molar-refractivity contribution is -0.301. The lowest BCUT2D eigenvalue weighted by atomic mass is 10.1. The zero-order valence-corrected chi connectivity index (χ0v) is 11.4. The Morgan fingerprint density at radius 2 is 2.17 bits per heavy atom. The van der Waals surface area contributed by atoms with Crippen molar-refractivity contribution in [1.29, 1.82) is 0 Å². The third kappa shape index (κ3) is 4.52. The fraction of sp³-hybridized carbons (Fsp3) is 0.583. The largest absolute Gasteiger partial charge is 0.549 e. The van der Waals surface area contributed by atoms with Gasteiger partial charge in [0.25, 0.3) is 5.56 Å². The molecule has 0 saturated carbocycles. The van der Waals surface area contributed by atoms with Crippen LogP contribution in [0.5, 0.6) is 0 Å². The van der Waals surface area contributed by atoms with E-state index in [4.69, 9.17) is 0 Å². The van der Waals surface area contributed by atoms with Crippen molar-refractivity contribution in [3.8, 4) is 0 Å². The number of H-pyrrole nitrogens is 1. The maximum Gasteiger partial charge on any atom is 0.254 e. The second-order valence-corrected chi connectivity index (χ2v) is 5.02. The molecule has 1 heterocycles. The Labute approximate surface area is 110 Å². The van der Waals surface area contributed by atoms with Crippen LogP contribution >= 0.6 is 11.8 Å². The fourth-order valence-corrected chi connectivity index (χ4v) is 2.25. The normalized spacial score (nSPS) is 10.6. The summed E-state index contributed by atoms with van der Waals surface area (Å²) < 4.78 is 0. The summed E-state index contributed by atoms with van der Waals surface area (Å²) in [5, 5.41) is 10.7. The first-order valence-electron chi connectivity index (χ1n) is 5.97. The maximum absolute atomic E-state index is 11.8. The Balaban J connectivity index is 2.77. The Bertz CT molecular complexity index is 471. The molecule has 0 amide bonds. The molecule has 0 fully saturated rings. The van der Waals surface area contributed by atoms with Crippen molar-refractivity contribution >= 4 is 17.7 Å². The van der Waals surface area contributed by atoms with Crippen molar-refractivity contribution in [2.24, 2.45) is 0 Å². The molecule has 1 aromatic rings. The molecule has 1 rings (SSSR count). The lowest BCUT2D eigenvalue weighted by Gasteiger charge is -2.07. The zero-order chi connectivity index (χ0) is 13.5. The lowest BCUT2D eigenvalue weighted by Crippen LogP contribution is -2.25. The number of nitrogens with one attached hydrogen (secondary N) is 1. The standard InChI is InChI=1S/C12H18N2O3S/c1-3-4-5-6-9-8(2)13-12(14-11(9)17)18-7-10(15)16/h3-7H2,1-2H3,(H,15,16)(H,13,14,17)/p-1. The van der Waals surface area contributed by atoms with Crippen LogP contribution < -0.4 is 10.7 Å². The maximum atomic E-state index is 11.8. The summed E-state index contributed by atoms with van der Waals surface area (Å²) in [6.07, 6.45) is 3.87. The molecular weight excluding hydrogens is 252 g/mol. The van der Waals surface area contributed by atoms with Crippen LogP contribution in [-0.4, -0.2) is 21.7 Å². The molecule has 0 aliphatic rings. The quantitative estimate of drug-likeness (QED) is 0.446. The van der Waals surface area contributed by atoms with Crippen LogP contribution in [-0.2, 0) is 11.2 Å². The summed E-state index contributed by atoms with van der Waals surface area (Å²) in [6, 6.07) is 0. The molecule has 5 nitrogen and oxygen atoms in total. The highest BCUT2D eigenvalue weighted by Gasteiger charge is 2.08. The van der Waals surface area contributed by atoms with Crippen LogP contribution in [0.4, 0.5) is 0 Å². The minimum absolute atomic E-state index is 0.167. The summed E-state index contributed by atoms with van der Waals surface area (Å²) in [6.45, 7) is 3.88. The minimum Gasteiger partial charge on any atom is -0.549 e. The van der Waals surface area contributed by atoms with Crippen LogP contribution in [0.1, 0.15) is 37.4 Å². The van der Waals surface area contributed by atoms with Crippen molar-refractivity contribution in [2.75, 3.05) is 5.75 Å². The molecule has 18 heavy (non-hydrogen) atoms. The number of hydrogen-bond donors (Lipinski definition) is 1. The fourth-order valence-electron chi connectivity index (χ4n) is 1.63. The van der Waals surface area contributed by atoms with Gasteiger partial charge < -0.3 is 14.9 Å². The van der Waals surface area contributed by atoms with Gasteiger partial charge in [-0.2, -0.15) is 0 Å². The predicted octanol–water partition coefficient (Wildman–Crippen LogP) is 0.653. The molecule has 0 aliphatic carbocycles. The summed E-state index contributed by atoms with van der Waals surface area (Å²) in [7, 11) is 0. The van der Waals surface area contributed by atoms with Gasteiger partial charge in [-0.1, -0.05) is 31.5 Å². The number of aryl methyl sites for hydroxylation is 1. The molecule has 0 spiro atoms. The van der Waals surface area contributed by atoms with Gasteiger partial charge in [0.05, 0.1) is 5.97 Å². The number of carboxylic acids is 1. The number of carbonyl (C=O) groups excluding carboxylic acids is 1. The molecule has 6 heteroatoms. The van der Waals surface area contributed by atoms with Gasteiger partial charge >= 0.3 is 0 Å². The van der Waals surface area contributed by atoms with E-state index in [0.717, 1.165) is 31.0 Å². The molecule has 0 unspecified atom stereocenters. The first kappa shape index (κ1) is 14.8. The molecule has 0 radical (unpaired) electrons. The van der Waals surface area contributed by atoms with Crippen LogP contribution in [0.15, 0.2) is 9.95 Å². The summed E-state index contributed by atoms with van der Waals surface area (Å²) in [5.74, 6) is -1.38. The molecule has 1 N–H and O–H groups in total. The molecule has 0 aliphatic heterocycles. The van der Waals surface area contributed by atoms with Crippen LogP contribution in [0.2, 0.25) is 0 Å². The zero-order valence-electron chi connectivity index (χ0n) is 10.6. The van der Waals surface area contributed by atoms with Crippen molar-refractivity contribution in [3.63, 3.8) is 0 Å². The number of carboxylic acid groups (broad SMARTS) is 1. The third-order valence-corrected chi connectivity index (χ3v) is 3.40. The van der Waals surface area contributed by atoms with Crippen molar-refractivity contribution in [1.82, 2.24) is 9.97 Å². The monoisotopic (exact) mass is 269 g/mol. The Morgan fingerprint density at radius 1 is 1.44 bits per heavy atom. The van der Waals surface area contributed by atoms with E-state index >= 15 is 0 Å².